The van der Waals surface area contributed by atoms with Crippen LogP contribution in [0.5, 0.6) is 0 Å². The third kappa shape index (κ3) is 2.68. The van der Waals surface area contributed by atoms with Gasteiger partial charge in [0, 0.05) is 21.2 Å². The molecule has 0 unspecified atom stereocenters. The molecule has 20 heavy (non-hydrogen) atoms. The summed E-state index contributed by atoms with van der Waals surface area (Å²) in [5.74, 6) is 0. The van der Waals surface area contributed by atoms with Crippen molar-refractivity contribution >= 4 is 34.8 Å². The number of aromatic amines is 1. The molecule has 2 nitrogen and oxygen atoms in total. The molecule has 0 aliphatic rings. The van der Waals surface area contributed by atoms with Gasteiger partial charge in [0.15, 0.2) is 0 Å². The molecule has 5 heteroatoms. The Balaban J connectivity index is 2.12. The number of hydrogen-bond donors (Lipinski definition) is 1. The van der Waals surface area contributed by atoms with E-state index in [0.717, 1.165) is 22.5 Å². The third-order valence-electron chi connectivity index (χ3n) is 2.93. The number of benzene rings is 2. The van der Waals surface area contributed by atoms with Crippen molar-refractivity contribution < 1.29 is 0 Å². The first-order chi connectivity index (χ1) is 9.63. The summed E-state index contributed by atoms with van der Waals surface area (Å²) in [5, 5.41) is 1.72. The predicted molar refractivity (Wildman–Crippen MR) is 84.5 cm³/mol. The smallest absolute Gasteiger partial charge is 0.201 e. The van der Waals surface area contributed by atoms with Crippen LogP contribution in [-0.4, -0.2) is 9.97 Å². The Hall–Kier alpha value is -1.48. The molecule has 0 atom stereocenters. The summed E-state index contributed by atoms with van der Waals surface area (Å²) < 4.78 is 0. The zero-order valence-electron chi connectivity index (χ0n) is 10.2. The summed E-state index contributed by atoms with van der Waals surface area (Å²) in [6.07, 6.45) is 0. The van der Waals surface area contributed by atoms with Gasteiger partial charge in [0.1, 0.15) is 0 Å². The molecular formula is C15H9Cl3N2. The van der Waals surface area contributed by atoms with Crippen LogP contribution in [0.2, 0.25) is 15.3 Å². The van der Waals surface area contributed by atoms with Crippen molar-refractivity contribution in [3.05, 3.63) is 63.9 Å². The number of halogens is 3. The highest BCUT2D eigenvalue weighted by Crippen LogP contribution is 2.32. The Morgan fingerprint density at radius 3 is 1.75 bits per heavy atom. The second-order valence-corrected chi connectivity index (χ2v) is 5.50. The summed E-state index contributed by atoms with van der Waals surface area (Å²) in [6, 6.07) is 15.0. The fourth-order valence-corrected chi connectivity index (χ4v) is 2.42. The standard InChI is InChI=1S/C15H9Cl3N2/c16-11-5-1-9(2-6-11)13-14(20-15(18)19-13)10-3-7-12(17)8-4-10/h1-8H,(H,19,20). The van der Waals surface area contributed by atoms with E-state index in [2.05, 4.69) is 9.97 Å². The average molecular weight is 324 g/mol. The monoisotopic (exact) mass is 322 g/mol. The van der Waals surface area contributed by atoms with Gasteiger partial charge in [-0.2, -0.15) is 0 Å². The molecule has 3 aromatic rings. The molecule has 0 amide bonds. The maximum absolute atomic E-state index is 6.01. The van der Waals surface area contributed by atoms with E-state index in [1.807, 2.05) is 48.5 Å². The Morgan fingerprint density at radius 1 is 0.700 bits per heavy atom. The molecule has 0 radical (unpaired) electrons. The summed E-state index contributed by atoms with van der Waals surface area (Å²) in [5.41, 5.74) is 3.56. The van der Waals surface area contributed by atoms with Gasteiger partial charge in [0.05, 0.1) is 11.4 Å². The number of H-pyrrole nitrogens is 1. The minimum atomic E-state index is 0.347. The quantitative estimate of drug-likeness (QED) is 0.643. The van der Waals surface area contributed by atoms with Gasteiger partial charge in [-0.25, -0.2) is 4.98 Å². The van der Waals surface area contributed by atoms with E-state index in [1.54, 1.807) is 0 Å². The maximum Gasteiger partial charge on any atom is 0.201 e. The molecule has 1 N–H and O–H groups in total. The molecule has 1 aromatic heterocycles. The summed E-state index contributed by atoms with van der Waals surface area (Å²) in [4.78, 5) is 7.41. The van der Waals surface area contributed by atoms with Gasteiger partial charge in [0.2, 0.25) is 5.28 Å². The maximum atomic E-state index is 6.01. The Bertz CT molecular complexity index is 668. The minimum absolute atomic E-state index is 0.347. The predicted octanol–water partition coefficient (Wildman–Crippen LogP) is 5.70. The van der Waals surface area contributed by atoms with Crippen molar-refractivity contribution in [2.45, 2.75) is 0 Å². The van der Waals surface area contributed by atoms with E-state index in [9.17, 15) is 0 Å². The van der Waals surface area contributed by atoms with Crippen LogP contribution in [0.15, 0.2) is 48.5 Å². The van der Waals surface area contributed by atoms with Crippen molar-refractivity contribution in [1.29, 1.82) is 0 Å². The van der Waals surface area contributed by atoms with Crippen LogP contribution in [-0.2, 0) is 0 Å². The number of aromatic nitrogens is 2. The van der Waals surface area contributed by atoms with E-state index < -0.39 is 0 Å². The number of imidazole rings is 1. The lowest BCUT2D eigenvalue weighted by Crippen LogP contribution is -1.83. The van der Waals surface area contributed by atoms with E-state index in [1.165, 1.54) is 0 Å². The fourth-order valence-electron chi connectivity index (χ4n) is 1.99. The Morgan fingerprint density at radius 2 is 1.20 bits per heavy atom. The van der Waals surface area contributed by atoms with Crippen molar-refractivity contribution in [3.63, 3.8) is 0 Å². The van der Waals surface area contributed by atoms with Crippen molar-refractivity contribution in [1.82, 2.24) is 9.97 Å². The number of nitrogens with one attached hydrogen (secondary N) is 1. The molecular weight excluding hydrogens is 315 g/mol. The molecule has 1 heterocycles. The van der Waals surface area contributed by atoms with Gasteiger partial charge in [-0.1, -0.05) is 47.5 Å². The van der Waals surface area contributed by atoms with Crippen LogP contribution in [0.4, 0.5) is 0 Å². The molecule has 0 bridgehead atoms. The van der Waals surface area contributed by atoms with Crippen LogP contribution in [0.1, 0.15) is 0 Å². The van der Waals surface area contributed by atoms with Crippen LogP contribution < -0.4 is 0 Å². The van der Waals surface area contributed by atoms with Gasteiger partial charge in [-0.05, 0) is 35.9 Å². The molecule has 0 spiro atoms. The van der Waals surface area contributed by atoms with E-state index >= 15 is 0 Å². The SMILES string of the molecule is Clc1ccc(-c2nc(Cl)[nH]c2-c2ccc(Cl)cc2)cc1. The van der Waals surface area contributed by atoms with E-state index in [0.29, 0.717) is 15.3 Å². The summed E-state index contributed by atoms with van der Waals surface area (Å²) in [7, 11) is 0. The highest BCUT2D eigenvalue weighted by Gasteiger charge is 2.13. The molecule has 0 fully saturated rings. The number of nitrogens with zero attached hydrogens (tertiary/aromatic N) is 1. The highest BCUT2D eigenvalue weighted by atomic mass is 35.5. The highest BCUT2D eigenvalue weighted by molar-refractivity contribution is 6.31. The third-order valence-corrected chi connectivity index (χ3v) is 3.61. The molecule has 0 saturated carbocycles. The van der Waals surface area contributed by atoms with Crippen molar-refractivity contribution in [2.24, 2.45) is 0 Å². The zero-order chi connectivity index (χ0) is 14.1. The lowest BCUT2D eigenvalue weighted by molar-refractivity contribution is 1.31. The van der Waals surface area contributed by atoms with Crippen LogP contribution in [0, 0.1) is 0 Å². The zero-order valence-corrected chi connectivity index (χ0v) is 12.5. The average Bonchev–Trinajstić information content (AvgIpc) is 2.82. The molecule has 2 aromatic carbocycles. The van der Waals surface area contributed by atoms with E-state index in [-0.39, 0.29) is 0 Å². The van der Waals surface area contributed by atoms with Crippen LogP contribution in [0.3, 0.4) is 0 Å². The van der Waals surface area contributed by atoms with Gasteiger partial charge in [0.25, 0.3) is 0 Å². The van der Waals surface area contributed by atoms with Crippen molar-refractivity contribution in [3.8, 4) is 22.5 Å². The lowest BCUT2D eigenvalue weighted by Gasteiger charge is -2.03. The van der Waals surface area contributed by atoms with Gasteiger partial charge in [-0.3, -0.25) is 0 Å². The summed E-state index contributed by atoms with van der Waals surface area (Å²) >= 11 is 17.8. The first-order valence-corrected chi connectivity index (χ1v) is 7.04. The Kier molecular flexibility index (Phi) is 3.70. The second kappa shape index (κ2) is 5.49. The van der Waals surface area contributed by atoms with Crippen LogP contribution >= 0.6 is 34.8 Å². The second-order valence-electron chi connectivity index (χ2n) is 4.27. The lowest BCUT2D eigenvalue weighted by atomic mass is 10.1. The first kappa shape index (κ1) is 13.5. The van der Waals surface area contributed by atoms with Gasteiger partial charge in [-0.15, -0.1) is 0 Å². The van der Waals surface area contributed by atoms with Crippen molar-refractivity contribution in [2.75, 3.05) is 0 Å². The number of hydrogen-bond acceptors (Lipinski definition) is 1. The summed E-state index contributed by atoms with van der Waals surface area (Å²) in [6.45, 7) is 0. The first-order valence-electron chi connectivity index (χ1n) is 5.91. The Labute approximate surface area is 131 Å². The van der Waals surface area contributed by atoms with Gasteiger partial charge < -0.3 is 4.98 Å². The molecule has 3 rings (SSSR count). The fraction of sp³-hybridized carbons (Fsp3) is 0. The molecule has 100 valence electrons. The largest absolute Gasteiger partial charge is 0.328 e. The van der Waals surface area contributed by atoms with Gasteiger partial charge >= 0.3 is 0 Å². The minimum Gasteiger partial charge on any atom is -0.328 e. The molecule has 0 aliphatic carbocycles. The topological polar surface area (TPSA) is 28.7 Å². The van der Waals surface area contributed by atoms with Crippen LogP contribution in [0.25, 0.3) is 22.5 Å². The van der Waals surface area contributed by atoms with E-state index in [4.69, 9.17) is 34.8 Å². The molecule has 0 aliphatic heterocycles. The number of rotatable bonds is 2. The molecule has 0 saturated heterocycles. The normalized spacial score (nSPS) is 10.8.